The number of carbonyl (C=O) groups is 2. The Kier molecular flexibility index (Phi) is 3.90. The number of piperazine rings is 1. The normalized spacial score (nSPS) is 20.5. The Morgan fingerprint density at radius 2 is 2.05 bits per heavy atom. The molecule has 0 saturated carbocycles. The molecule has 0 aliphatic carbocycles. The molecule has 2 rings (SSSR count). The summed E-state index contributed by atoms with van der Waals surface area (Å²) in [5.41, 5.74) is 0. The number of furan rings is 1. The highest BCUT2D eigenvalue weighted by Gasteiger charge is 2.28. The molecule has 1 atom stereocenters. The molecule has 1 aliphatic heterocycles. The van der Waals surface area contributed by atoms with Crippen LogP contribution in [0.1, 0.15) is 34.5 Å². The maximum absolute atomic E-state index is 12.2. The Morgan fingerprint density at radius 1 is 1.37 bits per heavy atom. The summed E-state index contributed by atoms with van der Waals surface area (Å²) in [5, 5.41) is 8.78. The molecule has 1 amide bonds. The van der Waals surface area contributed by atoms with Crippen LogP contribution in [0, 0.1) is 0 Å². The molecule has 104 valence electrons. The number of likely N-dealkylation sites (N-methyl/N-ethyl adjacent to an activating group) is 1. The number of rotatable bonds is 3. The second kappa shape index (κ2) is 5.44. The van der Waals surface area contributed by atoms with E-state index in [1.54, 1.807) is 4.90 Å². The third-order valence-corrected chi connectivity index (χ3v) is 3.56. The molecular weight excluding hydrogens is 248 g/mol. The first-order chi connectivity index (χ1) is 9.02. The number of hydrogen-bond acceptors (Lipinski definition) is 4. The van der Waals surface area contributed by atoms with Crippen molar-refractivity contribution in [2.75, 3.05) is 26.7 Å². The number of carboxylic acids is 1. The molecule has 0 bridgehead atoms. The monoisotopic (exact) mass is 266 g/mol. The maximum Gasteiger partial charge on any atom is 0.371 e. The lowest BCUT2D eigenvalue weighted by Crippen LogP contribution is -2.52. The minimum Gasteiger partial charge on any atom is -0.475 e. The van der Waals surface area contributed by atoms with Gasteiger partial charge in [-0.1, -0.05) is 6.92 Å². The molecule has 1 aliphatic rings. The molecule has 1 N–H and O–H groups in total. The Bertz CT molecular complexity index is 483. The predicted molar refractivity (Wildman–Crippen MR) is 68.3 cm³/mol. The van der Waals surface area contributed by atoms with Gasteiger partial charge in [0.15, 0.2) is 5.76 Å². The molecule has 0 radical (unpaired) electrons. The Hall–Kier alpha value is -1.82. The van der Waals surface area contributed by atoms with E-state index in [1.807, 2.05) is 7.05 Å². The summed E-state index contributed by atoms with van der Waals surface area (Å²) in [6.07, 6.45) is 0.971. The van der Waals surface area contributed by atoms with Gasteiger partial charge in [0.25, 0.3) is 5.91 Å². The Morgan fingerprint density at radius 3 is 2.63 bits per heavy atom. The van der Waals surface area contributed by atoms with Gasteiger partial charge in [-0.2, -0.15) is 0 Å². The summed E-state index contributed by atoms with van der Waals surface area (Å²) in [6.45, 7) is 4.19. The first-order valence-electron chi connectivity index (χ1n) is 6.35. The minimum absolute atomic E-state index is 0.0943. The summed E-state index contributed by atoms with van der Waals surface area (Å²) in [5.74, 6) is -1.51. The quantitative estimate of drug-likeness (QED) is 0.888. The van der Waals surface area contributed by atoms with Crippen LogP contribution in [-0.4, -0.2) is 59.5 Å². The molecule has 6 heteroatoms. The van der Waals surface area contributed by atoms with Crippen molar-refractivity contribution in [1.82, 2.24) is 9.80 Å². The van der Waals surface area contributed by atoms with Crippen LogP contribution in [0.2, 0.25) is 0 Å². The Balaban J connectivity index is 2.08. The van der Waals surface area contributed by atoms with Gasteiger partial charge in [-0.15, -0.1) is 0 Å². The topological polar surface area (TPSA) is 74.0 Å². The zero-order valence-electron chi connectivity index (χ0n) is 11.1. The van der Waals surface area contributed by atoms with E-state index < -0.39 is 5.97 Å². The van der Waals surface area contributed by atoms with Crippen LogP contribution in [0.3, 0.4) is 0 Å². The molecule has 0 aromatic carbocycles. The van der Waals surface area contributed by atoms with Crippen LogP contribution in [0.4, 0.5) is 0 Å². The number of aromatic carboxylic acids is 1. The fourth-order valence-electron chi connectivity index (χ4n) is 2.29. The van der Waals surface area contributed by atoms with E-state index in [0.29, 0.717) is 19.1 Å². The van der Waals surface area contributed by atoms with Crippen molar-refractivity contribution in [2.45, 2.75) is 19.4 Å². The van der Waals surface area contributed by atoms with Gasteiger partial charge in [0.1, 0.15) is 0 Å². The molecular formula is C13H18N2O4. The molecule has 1 fully saturated rings. The zero-order valence-corrected chi connectivity index (χ0v) is 11.1. The molecule has 19 heavy (non-hydrogen) atoms. The van der Waals surface area contributed by atoms with Crippen molar-refractivity contribution < 1.29 is 19.1 Å². The standard InChI is InChI=1S/C13H18N2O4/c1-3-9-8-15(7-6-14(9)2)12(16)10-4-5-11(19-10)13(17)18/h4-5,9H,3,6-8H2,1-2H3,(H,17,18). The first-order valence-corrected chi connectivity index (χ1v) is 6.35. The largest absolute Gasteiger partial charge is 0.475 e. The van der Waals surface area contributed by atoms with Gasteiger partial charge in [0.05, 0.1) is 0 Å². The number of amides is 1. The van der Waals surface area contributed by atoms with Gasteiger partial charge in [-0.3, -0.25) is 9.69 Å². The van der Waals surface area contributed by atoms with E-state index in [2.05, 4.69) is 11.8 Å². The highest BCUT2D eigenvalue weighted by Crippen LogP contribution is 2.16. The molecule has 1 aromatic rings. The van der Waals surface area contributed by atoms with Crippen LogP contribution in [-0.2, 0) is 0 Å². The predicted octanol–water partition coefficient (Wildman–Crippen LogP) is 1.14. The van der Waals surface area contributed by atoms with Gasteiger partial charge in [0.2, 0.25) is 5.76 Å². The minimum atomic E-state index is -1.16. The van der Waals surface area contributed by atoms with Crippen molar-refractivity contribution in [2.24, 2.45) is 0 Å². The van der Waals surface area contributed by atoms with Crippen LogP contribution in [0.25, 0.3) is 0 Å². The van der Waals surface area contributed by atoms with Gasteiger partial charge in [-0.25, -0.2) is 4.79 Å². The number of carboxylic acid groups (broad SMARTS) is 1. The third-order valence-electron chi connectivity index (χ3n) is 3.56. The summed E-state index contributed by atoms with van der Waals surface area (Å²) in [7, 11) is 2.05. The number of hydrogen-bond donors (Lipinski definition) is 1. The molecule has 1 aromatic heterocycles. The van der Waals surface area contributed by atoms with E-state index in [4.69, 9.17) is 9.52 Å². The third kappa shape index (κ3) is 2.78. The highest BCUT2D eigenvalue weighted by atomic mass is 16.4. The van der Waals surface area contributed by atoms with Crippen molar-refractivity contribution >= 4 is 11.9 Å². The van der Waals surface area contributed by atoms with Crippen molar-refractivity contribution in [3.8, 4) is 0 Å². The van der Waals surface area contributed by atoms with E-state index in [1.165, 1.54) is 12.1 Å². The fourth-order valence-corrected chi connectivity index (χ4v) is 2.29. The smallest absolute Gasteiger partial charge is 0.371 e. The lowest BCUT2D eigenvalue weighted by Gasteiger charge is -2.38. The maximum atomic E-state index is 12.2. The summed E-state index contributed by atoms with van der Waals surface area (Å²) in [6, 6.07) is 3.07. The van der Waals surface area contributed by atoms with Crippen molar-refractivity contribution in [3.05, 3.63) is 23.7 Å². The van der Waals surface area contributed by atoms with Crippen molar-refractivity contribution in [1.29, 1.82) is 0 Å². The Labute approximate surface area is 111 Å². The van der Waals surface area contributed by atoms with E-state index in [9.17, 15) is 9.59 Å². The summed E-state index contributed by atoms with van der Waals surface area (Å²) < 4.78 is 5.05. The molecule has 1 saturated heterocycles. The van der Waals surface area contributed by atoms with Crippen LogP contribution in [0.5, 0.6) is 0 Å². The lowest BCUT2D eigenvalue weighted by molar-refractivity contribution is 0.0507. The van der Waals surface area contributed by atoms with Gasteiger partial charge in [0, 0.05) is 25.7 Å². The lowest BCUT2D eigenvalue weighted by atomic mass is 10.1. The fraction of sp³-hybridized carbons (Fsp3) is 0.538. The van der Waals surface area contributed by atoms with Gasteiger partial charge in [-0.05, 0) is 25.6 Å². The number of carbonyl (C=O) groups excluding carboxylic acids is 1. The van der Waals surface area contributed by atoms with E-state index in [-0.39, 0.29) is 17.4 Å². The second-order valence-corrected chi connectivity index (χ2v) is 4.76. The zero-order chi connectivity index (χ0) is 14.0. The molecule has 1 unspecified atom stereocenters. The van der Waals surface area contributed by atoms with Crippen LogP contribution < -0.4 is 0 Å². The average molecular weight is 266 g/mol. The SMILES string of the molecule is CCC1CN(C(=O)c2ccc(C(=O)O)o2)CCN1C. The van der Waals surface area contributed by atoms with E-state index >= 15 is 0 Å². The van der Waals surface area contributed by atoms with Crippen molar-refractivity contribution in [3.63, 3.8) is 0 Å². The average Bonchev–Trinajstić information content (AvgIpc) is 2.88. The molecule has 6 nitrogen and oxygen atoms in total. The van der Waals surface area contributed by atoms with Crippen LogP contribution >= 0.6 is 0 Å². The van der Waals surface area contributed by atoms with Gasteiger partial charge >= 0.3 is 5.97 Å². The first kappa shape index (κ1) is 13.6. The highest BCUT2D eigenvalue weighted by molar-refractivity contribution is 5.93. The van der Waals surface area contributed by atoms with E-state index in [0.717, 1.165) is 13.0 Å². The van der Waals surface area contributed by atoms with Crippen LogP contribution in [0.15, 0.2) is 16.5 Å². The summed E-state index contributed by atoms with van der Waals surface area (Å²) >= 11 is 0. The second-order valence-electron chi connectivity index (χ2n) is 4.76. The molecule has 0 spiro atoms. The molecule has 2 heterocycles. The summed E-state index contributed by atoms with van der Waals surface area (Å²) in [4.78, 5) is 26.9. The number of nitrogens with zero attached hydrogens (tertiary/aromatic N) is 2. The van der Waals surface area contributed by atoms with Gasteiger partial charge < -0.3 is 14.4 Å².